The lowest BCUT2D eigenvalue weighted by atomic mass is 9.94. The number of nitrogens with one attached hydrogen (secondary N) is 1. The Hall–Kier alpha value is -4.43. The second-order valence-corrected chi connectivity index (χ2v) is 15.0. The highest BCUT2D eigenvalue weighted by Crippen LogP contribution is 2.29. The molecule has 1 aliphatic carbocycles. The van der Waals surface area contributed by atoms with E-state index in [9.17, 15) is 18.0 Å². The first-order valence-corrected chi connectivity index (χ1v) is 18.3. The highest BCUT2D eigenvalue weighted by molar-refractivity contribution is 7.92. The fourth-order valence-electron chi connectivity index (χ4n) is 6.51. The number of aryl methyl sites for hydroxylation is 4. The van der Waals surface area contributed by atoms with Crippen LogP contribution >= 0.6 is 0 Å². The molecule has 0 radical (unpaired) electrons. The molecule has 0 aromatic heterocycles. The minimum absolute atomic E-state index is 0.0496. The van der Waals surface area contributed by atoms with Gasteiger partial charge in [0.1, 0.15) is 12.6 Å². The topological polar surface area (TPSA) is 86.8 Å². The van der Waals surface area contributed by atoms with Crippen LogP contribution in [0.2, 0.25) is 0 Å². The molecule has 5 rings (SSSR count). The molecule has 0 heterocycles. The molecule has 48 heavy (non-hydrogen) atoms. The van der Waals surface area contributed by atoms with Crippen molar-refractivity contribution in [3.8, 4) is 0 Å². The first-order chi connectivity index (χ1) is 23.0. The van der Waals surface area contributed by atoms with Crippen molar-refractivity contribution in [1.82, 2.24) is 10.2 Å². The van der Waals surface area contributed by atoms with E-state index in [1.54, 1.807) is 35.2 Å². The summed E-state index contributed by atoms with van der Waals surface area (Å²) in [4.78, 5) is 30.8. The quantitative estimate of drug-likeness (QED) is 0.173. The van der Waals surface area contributed by atoms with Crippen molar-refractivity contribution in [2.24, 2.45) is 0 Å². The molecule has 0 aliphatic heterocycles. The Labute approximate surface area is 286 Å². The largest absolute Gasteiger partial charge is 0.352 e. The first kappa shape index (κ1) is 34.9. The average molecular weight is 666 g/mol. The molecule has 1 saturated carbocycles. The zero-order valence-corrected chi connectivity index (χ0v) is 29.3. The monoisotopic (exact) mass is 665 g/mol. The lowest BCUT2D eigenvalue weighted by molar-refractivity contribution is -0.140. The smallest absolute Gasteiger partial charge is 0.264 e. The number of sulfonamides is 1. The van der Waals surface area contributed by atoms with E-state index < -0.39 is 28.5 Å². The summed E-state index contributed by atoms with van der Waals surface area (Å²) in [6.45, 7) is 7.38. The summed E-state index contributed by atoms with van der Waals surface area (Å²) in [6.07, 6.45) is 5.38. The fraction of sp³-hybridized carbons (Fsp3) is 0.350. The predicted octanol–water partition coefficient (Wildman–Crippen LogP) is 7.20. The van der Waals surface area contributed by atoms with Crippen LogP contribution in [0.5, 0.6) is 0 Å². The van der Waals surface area contributed by atoms with Crippen LogP contribution in [-0.4, -0.2) is 43.8 Å². The highest BCUT2D eigenvalue weighted by Gasteiger charge is 2.36. The number of nitrogens with zero attached hydrogens (tertiary/aromatic N) is 2. The van der Waals surface area contributed by atoms with Crippen LogP contribution < -0.4 is 9.62 Å². The second-order valence-electron chi connectivity index (χ2n) is 13.1. The van der Waals surface area contributed by atoms with Gasteiger partial charge in [-0.2, -0.15) is 0 Å². The lowest BCUT2D eigenvalue weighted by Crippen LogP contribution is -2.55. The van der Waals surface area contributed by atoms with Crippen molar-refractivity contribution in [2.75, 3.05) is 10.8 Å². The molecular weight excluding hydrogens is 619 g/mol. The number of hydrogen-bond donors (Lipinski definition) is 1. The summed E-state index contributed by atoms with van der Waals surface area (Å²) in [6, 6.07) is 28.9. The molecule has 0 spiro atoms. The third kappa shape index (κ3) is 8.53. The van der Waals surface area contributed by atoms with Crippen LogP contribution in [0.4, 0.5) is 5.69 Å². The third-order valence-corrected chi connectivity index (χ3v) is 11.1. The number of amides is 2. The second kappa shape index (κ2) is 15.6. The van der Waals surface area contributed by atoms with Crippen molar-refractivity contribution in [3.63, 3.8) is 0 Å². The molecule has 8 heteroatoms. The maximum Gasteiger partial charge on any atom is 0.264 e. The maximum atomic E-state index is 14.8. The Morgan fingerprint density at radius 3 is 2.08 bits per heavy atom. The van der Waals surface area contributed by atoms with Gasteiger partial charge in [-0.1, -0.05) is 109 Å². The zero-order valence-electron chi connectivity index (χ0n) is 28.5. The molecule has 4 aromatic carbocycles. The van der Waals surface area contributed by atoms with E-state index in [-0.39, 0.29) is 23.4 Å². The van der Waals surface area contributed by atoms with E-state index in [2.05, 4.69) is 5.32 Å². The Balaban J connectivity index is 1.59. The summed E-state index contributed by atoms with van der Waals surface area (Å²) in [5.41, 5.74) is 5.88. The molecule has 7 nitrogen and oxygen atoms in total. The van der Waals surface area contributed by atoms with E-state index in [4.69, 9.17) is 0 Å². The Morgan fingerprint density at radius 1 is 0.771 bits per heavy atom. The SMILES string of the molecule is Cc1ccc(S(=O)(=O)N(CC(=O)N(Cc2ccccc2C)[C@@H](Cc2ccccc2)C(=O)NC2CCCCC2)c2ccc(C)cc2C)cc1. The van der Waals surface area contributed by atoms with Gasteiger partial charge in [-0.3, -0.25) is 13.9 Å². The molecule has 252 valence electrons. The van der Waals surface area contributed by atoms with Crippen molar-refractivity contribution in [2.45, 2.75) is 89.7 Å². The van der Waals surface area contributed by atoms with Gasteiger partial charge < -0.3 is 10.2 Å². The van der Waals surface area contributed by atoms with Crippen LogP contribution in [-0.2, 0) is 32.6 Å². The van der Waals surface area contributed by atoms with Crippen LogP contribution in [0.1, 0.15) is 65.5 Å². The Kier molecular flexibility index (Phi) is 11.4. The predicted molar refractivity (Wildman–Crippen MR) is 192 cm³/mol. The van der Waals surface area contributed by atoms with E-state index in [0.29, 0.717) is 12.1 Å². The summed E-state index contributed by atoms with van der Waals surface area (Å²) in [5, 5.41) is 3.27. The number of benzene rings is 4. The van der Waals surface area contributed by atoms with Gasteiger partial charge in [-0.15, -0.1) is 0 Å². The number of carbonyl (C=O) groups excluding carboxylic acids is 2. The Bertz CT molecular complexity index is 1820. The molecule has 1 atom stereocenters. The fourth-order valence-corrected chi connectivity index (χ4v) is 7.98. The molecule has 1 N–H and O–H groups in total. The molecule has 1 aliphatic rings. The van der Waals surface area contributed by atoms with Crippen LogP contribution in [0, 0.1) is 27.7 Å². The van der Waals surface area contributed by atoms with Crippen LogP contribution in [0.25, 0.3) is 0 Å². The van der Waals surface area contributed by atoms with Crippen molar-refractivity contribution in [3.05, 3.63) is 130 Å². The van der Waals surface area contributed by atoms with Gasteiger partial charge in [0.05, 0.1) is 10.6 Å². The highest BCUT2D eigenvalue weighted by atomic mass is 32.2. The minimum atomic E-state index is -4.16. The molecule has 4 aromatic rings. The van der Waals surface area contributed by atoms with Gasteiger partial charge in [0.15, 0.2) is 0 Å². The van der Waals surface area contributed by atoms with E-state index in [1.165, 1.54) is 4.31 Å². The average Bonchev–Trinajstić information content (AvgIpc) is 3.07. The Morgan fingerprint density at radius 2 is 1.42 bits per heavy atom. The van der Waals surface area contributed by atoms with E-state index in [1.807, 2.05) is 94.4 Å². The number of carbonyl (C=O) groups is 2. The van der Waals surface area contributed by atoms with Gasteiger partial charge in [-0.25, -0.2) is 8.42 Å². The molecule has 1 fully saturated rings. The maximum absolute atomic E-state index is 14.8. The summed E-state index contributed by atoms with van der Waals surface area (Å²) < 4.78 is 30.0. The summed E-state index contributed by atoms with van der Waals surface area (Å²) >= 11 is 0. The minimum Gasteiger partial charge on any atom is -0.352 e. The normalized spacial score (nSPS) is 14.2. The van der Waals surface area contributed by atoms with Gasteiger partial charge >= 0.3 is 0 Å². The van der Waals surface area contributed by atoms with Gasteiger partial charge in [0.2, 0.25) is 11.8 Å². The zero-order chi connectivity index (χ0) is 34.3. The summed E-state index contributed by atoms with van der Waals surface area (Å²) in [7, 11) is -4.16. The molecule has 2 amide bonds. The van der Waals surface area contributed by atoms with E-state index in [0.717, 1.165) is 65.5 Å². The number of hydrogen-bond acceptors (Lipinski definition) is 4. The van der Waals surface area contributed by atoms with Gasteiger partial charge in [0, 0.05) is 19.0 Å². The summed E-state index contributed by atoms with van der Waals surface area (Å²) in [5.74, 6) is -0.666. The standard InChI is InChI=1S/C40H47N3O4S/c1-29-19-22-36(23-20-29)48(46,47)43(37-24-21-30(2)25-32(37)4)28-39(44)42(27-34-16-12-11-13-31(34)3)38(26-33-14-7-5-8-15-33)40(45)41-35-17-9-6-10-18-35/h5,7-8,11-16,19-25,35,38H,6,9-10,17-18,26-28H2,1-4H3,(H,41,45)/t38-/m0/s1. The van der Waals surface area contributed by atoms with Crippen molar-refractivity contribution < 1.29 is 18.0 Å². The molecule has 0 saturated heterocycles. The van der Waals surface area contributed by atoms with Gasteiger partial charge in [0.25, 0.3) is 10.0 Å². The lowest BCUT2D eigenvalue weighted by Gasteiger charge is -2.35. The van der Waals surface area contributed by atoms with Crippen LogP contribution in [0.15, 0.2) is 102 Å². The number of anilines is 1. The molecular formula is C40H47N3O4S. The first-order valence-electron chi connectivity index (χ1n) is 16.9. The van der Waals surface area contributed by atoms with E-state index >= 15 is 0 Å². The van der Waals surface area contributed by atoms with Crippen LogP contribution in [0.3, 0.4) is 0 Å². The van der Waals surface area contributed by atoms with Crippen molar-refractivity contribution in [1.29, 1.82) is 0 Å². The molecule has 0 bridgehead atoms. The number of rotatable bonds is 12. The third-order valence-electron chi connectivity index (χ3n) is 9.33. The van der Waals surface area contributed by atoms with Gasteiger partial charge in [-0.05, 0) is 81.0 Å². The molecule has 0 unspecified atom stereocenters. The van der Waals surface area contributed by atoms with Crippen molar-refractivity contribution >= 4 is 27.5 Å².